The normalized spacial score (nSPS) is 11.7. The van der Waals surface area contributed by atoms with Gasteiger partial charge in [0.1, 0.15) is 0 Å². The molecule has 0 saturated heterocycles. The third-order valence-electron chi connectivity index (χ3n) is 2.82. The number of aliphatic hydroxyl groups excluding tert-OH is 1. The van der Waals surface area contributed by atoms with E-state index < -0.39 is 0 Å². The third-order valence-corrected chi connectivity index (χ3v) is 2.82. The second-order valence-electron chi connectivity index (χ2n) is 4.15. The first-order chi connectivity index (χ1) is 9.22. The monoisotopic (exact) mass is 263 g/mol. The minimum atomic E-state index is -0.197. The van der Waals surface area contributed by atoms with Gasteiger partial charge in [-0.2, -0.15) is 0 Å². The molecule has 5 nitrogen and oxygen atoms in total. The van der Waals surface area contributed by atoms with Crippen LogP contribution in [0.3, 0.4) is 0 Å². The van der Waals surface area contributed by atoms with Crippen LogP contribution < -0.4 is 5.32 Å². The van der Waals surface area contributed by atoms with E-state index in [1.54, 1.807) is 18.5 Å². The molecule has 104 valence electrons. The summed E-state index contributed by atoms with van der Waals surface area (Å²) in [6, 6.07) is 3.52. The number of pyridine rings is 1. The van der Waals surface area contributed by atoms with E-state index in [-0.39, 0.29) is 18.7 Å². The Morgan fingerprint density at radius 1 is 1.58 bits per heavy atom. The van der Waals surface area contributed by atoms with Crippen molar-refractivity contribution in [3.8, 4) is 0 Å². The molecule has 2 amide bonds. The highest BCUT2D eigenvalue weighted by molar-refractivity contribution is 5.74. The van der Waals surface area contributed by atoms with Crippen LogP contribution >= 0.6 is 0 Å². The van der Waals surface area contributed by atoms with Gasteiger partial charge >= 0.3 is 6.03 Å². The molecule has 0 aliphatic heterocycles. The zero-order valence-corrected chi connectivity index (χ0v) is 11.2. The molecule has 0 saturated carbocycles. The van der Waals surface area contributed by atoms with Crippen molar-refractivity contribution in [3.05, 3.63) is 42.7 Å². The lowest BCUT2D eigenvalue weighted by Crippen LogP contribution is -2.43. The number of nitrogens with zero attached hydrogens (tertiary/aromatic N) is 2. The zero-order chi connectivity index (χ0) is 14.1. The quantitative estimate of drug-likeness (QED) is 0.736. The van der Waals surface area contributed by atoms with Crippen molar-refractivity contribution >= 4 is 6.03 Å². The van der Waals surface area contributed by atoms with E-state index in [0.717, 1.165) is 12.0 Å². The highest BCUT2D eigenvalue weighted by Crippen LogP contribution is 2.15. The Kier molecular flexibility index (Phi) is 6.60. The van der Waals surface area contributed by atoms with E-state index in [9.17, 15) is 4.79 Å². The number of aliphatic hydroxyl groups is 1. The van der Waals surface area contributed by atoms with E-state index in [1.165, 1.54) is 4.90 Å². The number of carbonyl (C=O) groups is 1. The van der Waals surface area contributed by atoms with Crippen molar-refractivity contribution in [2.75, 3.05) is 19.7 Å². The number of nitrogens with one attached hydrogen (secondary N) is 1. The molecule has 0 aliphatic rings. The average molecular weight is 263 g/mol. The van der Waals surface area contributed by atoms with Gasteiger partial charge < -0.3 is 15.3 Å². The molecule has 1 unspecified atom stereocenters. The van der Waals surface area contributed by atoms with E-state index in [2.05, 4.69) is 16.9 Å². The smallest absolute Gasteiger partial charge is 0.318 e. The first-order valence-corrected chi connectivity index (χ1v) is 6.40. The maximum absolute atomic E-state index is 12.1. The van der Waals surface area contributed by atoms with Crippen LogP contribution in [0.1, 0.15) is 24.9 Å². The molecule has 1 heterocycles. The SMILES string of the molecule is C=CCN(CCO)C(=O)NC(CC)c1ccncc1. The fourth-order valence-corrected chi connectivity index (χ4v) is 1.81. The van der Waals surface area contributed by atoms with E-state index in [4.69, 9.17) is 5.11 Å². The van der Waals surface area contributed by atoms with E-state index >= 15 is 0 Å². The molecular formula is C14H21N3O2. The van der Waals surface area contributed by atoms with Gasteiger partial charge in [-0.15, -0.1) is 6.58 Å². The van der Waals surface area contributed by atoms with Gasteiger partial charge in [0, 0.05) is 25.5 Å². The molecule has 2 N–H and O–H groups in total. The van der Waals surface area contributed by atoms with Crippen LogP contribution in [0.2, 0.25) is 0 Å². The number of amides is 2. The lowest BCUT2D eigenvalue weighted by atomic mass is 10.1. The summed E-state index contributed by atoms with van der Waals surface area (Å²) in [5.74, 6) is 0. The fraction of sp³-hybridized carbons (Fsp3) is 0.429. The van der Waals surface area contributed by atoms with Crippen molar-refractivity contribution in [2.45, 2.75) is 19.4 Å². The molecule has 0 radical (unpaired) electrons. The Hall–Kier alpha value is -1.88. The van der Waals surface area contributed by atoms with Crippen LogP contribution in [0.25, 0.3) is 0 Å². The number of aromatic nitrogens is 1. The van der Waals surface area contributed by atoms with Crippen molar-refractivity contribution in [3.63, 3.8) is 0 Å². The number of rotatable bonds is 7. The summed E-state index contributed by atoms with van der Waals surface area (Å²) in [5, 5.41) is 11.9. The topological polar surface area (TPSA) is 65.5 Å². The van der Waals surface area contributed by atoms with Crippen LogP contribution in [0.4, 0.5) is 4.79 Å². The summed E-state index contributed by atoms with van der Waals surface area (Å²) < 4.78 is 0. The molecule has 0 aliphatic carbocycles. The molecule has 1 aromatic heterocycles. The Morgan fingerprint density at radius 3 is 2.79 bits per heavy atom. The predicted molar refractivity (Wildman–Crippen MR) is 74.7 cm³/mol. The van der Waals surface area contributed by atoms with Gasteiger partial charge in [0.15, 0.2) is 0 Å². The van der Waals surface area contributed by atoms with Gasteiger partial charge in [-0.1, -0.05) is 13.0 Å². The minimum Gasteiger partial charge on any atom is -0.395 e. The second kappa shape index (κ2) is 8.26. The summed E-state index contributed by atoms with van der Waals surface area (Å²) in [6.07, 6.45) is 5.85. The molecule has 1 rings (SSSR count). The third kappa shape index (κ3) is 4.71. The zero-order valence-electron chi connectivity index (χ0n) is 11.2. The Bertz CT molecular complexity index is 395. The van der Waals surface area contributed by atoms with E-state index in [0.29, 0.717) is 13.1 Å². The second-order valence-corrected chi connectivity index (χ2v) is 4.15. The summed E-state index contributed by atoms with van der Waals surface area (Å²) in [4.78, 5) is 17.6. The van der Waals surface area contributed by atoms with Crippen LogP contribution in [-0.4, -0.2) is 40.7 Å². The lowest BCUT2D eigenvalue weighted by molar-refractivity contribution is 0.180. The van der Waals surface area contributed by atoms with E-state index in [1.807, 2.05) is 19.1 Å². The van der Waals surface area contributed by atoms with Crippen molar-refractivity contribution in [2.24, 2.45) is 0 Å². The molecular weight excluding hydrogens is 242 g/mol. The van der Waals surface area contributed by atoms with Crippen molar-refractivity contribution in [1.29, 1.82) is 0 Å². The number of carbonyl (C=O) groups excluding carboxylic acids is 1. The van der Waals surface area contributed by atoms with Gasteiger partial charge in [-0.05, 0) is 24.1 Å². The van der Waals surface area contributed by atoms with Gasteiger partial charge in [0.05, 0.1) is 12.6 Å². The minimum absolute atomic E-state index is 0.0542. The summed E-state index contributed by atoms with van der Waals surface area (Å²) in [7, 11) is 0. The Morgan fingerprint density at radius 2 is 2.26 bits per heavy atom. The molecule has 5 heteroatoms. The first kappa shape index (κ1) is 15.2. The fourth-order valence-electron chi connectivity index (χ4n) is 1.81. The van der Waals surface area contributed by atoms with Crippen LogP contribution in [-0.2, 0) is 0 Å². The summed E-state index contributed by atoms with van der Waals surface area (Å²) in [6.45, 7) is 6.27. The first-order valence-electron chi connectivity index (χ1n) is 6.40. The Balaban J connectivity index is 2.69. The van der Waals surface area contributed by atoms with Crippen LogP contribution in [0.15, 0.2) is 37.2 Å². The van der Waals surface area contributed by atoms with Gasteiger partial charge in [0.25, 0.3) is 0 Å². The molecule has 19 heavy (non-hydrogen) atoms. The number of hydrogen-bond donors (Lipinski definition) is 2. The largest absolute Gasteiger partial charge is 0.395 e. The summed E-state index contributed by atoms with van der Waals surface area (Å²) in [5.41, 5.74) is 1.02. The predicted octanol–water partition coefficient (Wildman–Crippen LogP) is 1.72. The molecule has 1 atom stereocenters. The van der Waals surface area contributed by atoms with Crippen LogP contribution in [0, 0.1) is 0 Å². The maximum Gasteiger partial charge on any atom is 0.318 e. The highest BCUT2D eigenvalue weighted by atomic mass is 16.3. The molecule has 0 spiro atoms. The maximum atomic E-state index is 12.1. The molecule has 0 aromatic carbocycles. The van der Waals surface area contributed by atoms with Crippen molar-refractivity contribution < 1.29 is 9.90 Å². The number of urea groups is 1. The van der Waals surface area contributed by atoms with Gasteiger partial charge in [-0.25, -0.2) is 4.79 Å². The molecule has 0 bridgehead atoms. The standard InChI is InChI=1S/C14H21N3O2/c1-3-9-17(10-11-18)14(19)16-13(4-2)12-5-7-15-8-6-12/h3,5-8,13,18H,1,4,9-11H2,2H3,(H,16,19). The number of hydrogen-bond acceptors (Lipinski definition) is 3. The van der Waals surface area contributed by atoms with Gasteiger partial charge in [-0.3, -0.25) is 4.98 Å². The lowest BCUT2D eigenvalue weighted by Gasteiger charge is -2.24. The Labute approximate surface area is 114 Å². The molecule has 1 aromatic rings. The average Bonchev–Trinajstić information content (AvgIpc) is 2.45. The summed E-state index contributed by atoms with van der Waals surface area (Å²) >= 11 is 0. The molecule has 0 fully saturated rings. The van der Waals surface area contributed by atoms with Crippen molar-refractivity contribution in [1.82, 2.24) is 15.2 Å². The van der Waals surface area contributed by atoms with Crippen LogP contribution in [0.5, 0.6) is 0 Å². The van der Waals surface area contributed by atoms with Gasteiger partial charge in [0.2, 0.25) is 0 Å². The highest BCUT2D eigenvalue weighted by Gasteiger charge is 2.16.